The minimum Gasteiger partial charge on any atom is -0.748 e. The van der Waals surface area contributed by atoms with E-state index in [9.17, 15) is 100 Å². The molecule has 0 aliphatic carbocycles. The maximum atomic E-state index is 14.8. The van der Waals surface area contributed by atoms with Crippen LogP contribution in [0.15, 0.2) is 109 Å². The van der Waals surface area contributed by atoms with E-state index in [0.717, 1.165) is 12.1 Å². The number of allylic oxidation sites excluding steroid dienone is 6. The number of methoxy groups -OCH3 is 2. The molecular formula is C58H61F4N2O25S6-5. The van der Waals surface area contributed by atoms with Gasteiger partial charge in [0.25, 0.3) is 0 Å². The van der Waals surface area contributed by atoms with Crippen LogP contribution in [0, 0.1) is 23.3 Å². The fourth-order valence-corrected chi connectivity index (χ4v) is 15.3. The Morgan fingerprint density at radius 1 is 0.547 bits per heavy atom. The topological polar surface area (TPSA) is 422 Å². The van der Waals surface area contributed by atoms with E-state index in [1.165, 1.54) is 56.7 Å². The van der Waals surface area contributed by atoms with Gasteiger partial charge in [0.15, 0.2) is 23.9 Å². The minimum absolute atomic E-state index is 0.00341. The van der Waals surface area contributed by atoms with Gasteiger partial charge in [0.1, 0.15) is 62.1 Å². The quantitative estimate of drug-likeness (QED) is 0.00724. The molecular weight excluding hydrogens is 1390 g/mol. The lowest BCUT2D eigenvalue weighted by molar-refractivity contribution is -0.441. The highest BCUT2D eigenvalue weighted by Gasteiger charge is 2.49. The Bertz CT molecular complexity index is 4630. The summed E-state index contributed by atoms with van der Waals surface area (Å²) in [6.45, 7) is 4.19. The van der Waals surface area contributed by atoms with Crippen molar-refractivity contribution in [2.45, 2.75) is 94.1 Å². The summed E-state index contributed by atoms with van der Waals surface area (Å²) in [5.74, 6) is -14.6. The number of halogens is 4. The number of carbonyl (C=O) groups excluding carboxylic acids is 1. The summed E-state index contributed by atoms with van der Waals surface area (Å²) in [5, 5.41) is -0.948. The van der Waals surface area contributed by atoms with Crippen molar-refractivity contribution in [2.75, 3.05) is 90.8 Å². The average Bonchev–Trinajstić information content (AvgIpc) is 1.64. The molecule has 27 nitrogen and oxygen atoms in total. The molecule has 0 bridgehead atoms. The number of fused-ring (bicyclic) bond motifs is 6. The molecule has 5 aromatic rings. The largest absolute Gasteiger partial charge is 0.748 e. The molecule has 2 aliphatic heterocycles. The van der Waals surface area contributed by atoms with Crippen molar-refractivity contribution in [3.8, 4) is 5.75 Å². The SMILES string of the molecule is COCCOCCOCCOCCC1(C)\C(=C/C=C/C=C/C2=[N+](CCOC)c3ccc4c(S(=O)(=O)[O-])cc(S(=O)(=O)[O-])cc4c3C2(C)CCCS(=O)(=O)[O-])N(CCCCCC(=O)Oc2c(F)c(F)c(S(=O)(=O)[O-])c(F)c2F)c2ccc3c(S(=O)(=O)[O-])cc(S(=O)(=O)[O-])cc3c21. The number of unbranched alkanes of at least 4 members (excludes halogenated alkanes) is 2. The number of ether oxygens (including phenoxy) is 6. The molecule has 0 saturated carbocycles. The van der Waals surface area contributed by atoms with E-state index < -0.39 is 143 Å². The van der Waals surface area contributed by atoms with E-state index in [0.29, 0.717) is 36.8 Å². The van der Waals surface area contributed by atoms with Crippen LogP contribution >= 0.6 is 0 Å². The van der Waals surface area contributed by atoms with Crippen molar-refractivity contribution in [3.63, 3.8) is 0 Å². The lowest BCUT2D eigenvalue weighted by atomic mass is 9.74. The molecule has 2 unspecified atom stereocenters. The van der Waals surface area contributed by atoms with Gasteiger partial charge >= 0.3 is 5.97 Å². The number of anilines is 1. The molecule has 0 N–H and O–H groups in total. The maximum absolute atomic E-state index is 14.8. The first-order valence-corrected chi connectivity index (χ1v) is 37.1. The van der Waals surface area contributed by atoms with Crippen LogP contribution in [0.2, 0.25) is 0 Å². The second-order valence-corrected chi connectivity index (χ2v) is 30.3. The van der Waals surface area contributed by atoms with Crippen molar-refractivity contribution in [3.05, 3.63) is 119 Å². The van der Waals surface area contributed by atoms with Gasteiger partial charge in [-0.3, -0.25) is 4.79 Å². The molecule has 2 aliphatic rings. The molecule has 2 atom stereocenters. The number of hydrogen-bond acceptors (Lipinski definition) is 26. The number of nitrogens with zero attached hydrogens (tertiary/aromatic N) is 2. The smallest absolute Gasteiger partial charge is 0.311 e. The monoisotopic (exact) mass is 1450 g/mol. The van der Waals surface area contributed by atoms with Gasteiger partial charge in [-0.05, 0) is 110 Å². The van der Waals surface area contributed by atoms with Crippen molar-refractivity contribution < 1.29 is 133 Å². The zero-order valence-corrected chi connectivity index (χ0v) is 55.7. The van der Waals surface area contributed by atoms with Gasteiger partial charge in [-0.1, -0.05) is 30.7 Å². The molecule has 5 aromatic carbocycles. The summed E-state index contributed by atoms with van der Waals surface area (Å²) < 4.78 is 315. The molecule has 0 saturated heterocycles. The van der Waals surface area contributed by atoms with Gasteiger partial charge < -0.3 is 60.6 Å². The number of carbonyl (C=O) groups is 1. The van der Waals surface area contributed by atoms with Crippen LogP contribution in [0.3, 0.4) is 0 Å². The summed E-state index contributed by atoms with van der Waals surface area (Å²) >= 11 is 0. The molecule has 95 heavy (non-hydrogen) atoms. The van der Waals surface area contributed by atoms with E-state index in [1.807, 2.05) is 0 Å². The summed E-state index contributed by atoms with van der Waals surface area (Å²) in [4.78, 5) is 7.81. The third-order valence-corrected chi connectivity index (χ3v) is 20.8. The summed E-state index contributed by atoms with van der Waals surface area (Å²) in [6, 6.07) is 7.94. The van der Waals surface area contributed by atoms with Crippen molar-refractivity contribution in [2.24, 2.45) is 0 Å². The molecule has 0 amide bonds. The third-order valence-electron chi connectivity index (χ3n) is 15.8. The molecule has 7 rings (SSSR count). The van der Waals surface area contributed by atoms with Gasteiger partial charge in [-0.25, -0.2) is 59.3 Å². The van der Waals surface area contributed by atoms with Crippen LogP contribution in [0.5, 0.6) is 5.75 Å². The van der Waals surface area contributed by atoms with Crippen LogP contribution in [-0.4, -0.2) is 180 Å². The lowest BCUT2D eigenvalue weighted by Crippen LogP contribution is -2.32. The zero-order valence-electron chi connectivity index (χ0n) is 50.8. The average molecular weight is 1450 g/mol. The third kappa shape index (κ3) is 17.6. The first kappa shape index (κ1) is 76.1. The molecule has 522 valence electrons. The first-order valence-electron chi connectivity index (χ1n) is 28.4. The van der Waals surface area contributed by atoms with E-state index in [4.69, 9.17) is 23.7 Å². The highest BCUT2D eigenvalue weighted by Crippen LogP contribution is 2.54. The zero-order chi connectivity index (χ0) is 70.4. The predicted octanol–water partition coefficient (Wildman–Crippen LogP) is 5.42. The van der Waals surface area contributed by atoms with E-state index in [-0.39, 0.29) is 135 Å². The minimum atomic E-state index is -6.10. The van der Waals surface area contributed by atoms with Gasteiger partial charge in [-0.2, -0.15) is 13.4 Å². The molecule has 0 spiro atoms. The Balaban J connectivity index is 1.34. The van der Waals surface area contributed by atoms with Gasteiger partial charge in [-0.15, -0.1) is 0 Å². The van der Waals surface area contributed by atoms with Gasteiger partial charge in [0.2, 0.25) is 23.1 Å². The fraction of sp³-hybridized carbons (Fsp3) is 0.414. The Morgan fingerprint density at radius 3 is 1.59 bits per heavy atom. The standard InChI is InChI=1S/C58H66F4N2O25S6/c1-57(19-11-31-90(66,67)68)46(64(22-24-84-3)43-18-16-38-40(49(43)57)32-36(91(69,70)71)34-44(38)93(75,76)77)12-7-5-8-13-47-58(2,20-23-86-27-28-88-30-29-87-26-25-85-4)50-41-33-37(92(72,73)74)35-45(94(78,79)80)39(41)15-17-42(50)63(47)21-10-6-9-14-48(65)89-55-51(59)53(61)56(95(81,82)83)54(62)52(55)60/h5,7-8,12-13,15-18,32-35H,6,9-11,14,19-31H2,1-4H3,(H5-,66,67,68,69,70,71,72,73,74,75,76,77,78,79,80,81,82,83)/p-5. The van der Waals surface area contributed by atoms with Crippen molar-refractivity contribution in [1.82, 2.24) is 0 Å². The van der Waals surface area contributed by atoms with E-state index in [1.54, 1.807) is 35.5 Å². The Hall–Kier alpha value is -6.24. The van der Waals surface area contributed by atoms with Crippen molar-refractivity contribution >= 4 is 105 Å². The Morgan fingerprint density at radius 2 is 1.07 bits per heavy atom. The number of esters is 1. The normalized spacial score (nSPS) is 17.8. The maximum Gasteiger partial charge on any atom is 0.311 e. The first-order chi connectivity index (χ1) is 44.2. The van der Waals surface area contributed by atoms with Crippen LogP contribution in [0.25, 0.3) is 21.5 Å². The molecule has 0 aromatic heterocycles. The fourth-order valence-electron chi connectivity index (χ4n) is 11.6. The Kier molecular flexibility index (Phi) is 24.2. The summed E-state index contributed by atoms with van der Waals surface area (Å²) in [5.41, 5.74) is -1.47. The summed E-state index contributed by atoms with van der Waals surface area (Å²) in [7, 11) is -30.1. The van der Waals surface area contributed by atoms with Crippen LogP contribution in [0.4, 0.5) is 28.9 Å². The second kappa shape index (κ2) is 30.3. The molecule has 37 heteroatoms. The number of hydrogen-bond donors (Lipinski definition) is 0. The van der Waals surface area contributed by atoms with Crippen LogP contribution in [0.1, 0.15) is 69.9 Å². The summed E-state index contributed by atoms with van der Waals surface area (Å²) in [6.07, 6.45) is 6.26. The Labute approximate surface area is 545 Å². The highest BCUT2D eigenvalue weighted by molar-refractivity contribution is 7.87. The molecule has 2 heterocycles. The number of benzene rings is 5. The van der Waals surface area contributed by atoms with Crippen molar-refractivity contribution in [1.29, 1.82) is 0 Å². The van der Waals surface area contributed by atoms with E-state index in [2.05, 4.69) is 4.74 Å². The van der Waals surface area contributed by atoms with Crippen LogP contribution in [-0.2, 0) is 100 Å². The van der Waals surface area contributed by atoms with E-state index >= 15 is 0 Å². The second-order valence-electron chi connectivity index (χ2n) is 22.0. The van der Waals surface area contributed by atoms with Crippen LogP contribution < -0.4 is 9.64 Å². The number of rotatable bonds is 34. The predicted molar refractivity (Wildman–Crippen MR) is 321 cm³/mol. The molecule has 0 radical (unpaired) electrons. The highest BCUT2D eigenvalue weighted by atomic mass is 32.2. The lowest BCUT2D eigenvalue weighted by Gasteiger charge is -2.31. The van der Waals surface area contributed by atoms with Gasteiger partial charge in [0, 0.05) is 79.4 Å². The molecule has 0 fully saturated rings. The van der Waals surface area contributed by atoms with Gasteiger partial charge in [0.05, 0.1) is 74.8 Å².